The Morgan fingerprint density at radius 2 is 2.28 bits per heavy atom. The molecule has 2 aromatic heterocycles. The zero-order chi connectivity index (χ0) is 13.0. The molecule has 0 saturated carbocycles. The Kier molecular flexibility index (Phi) is 4.39. The molecule has 0 aliphatic rings. The summed E-state index contributed by atoms with van der Waals surface area (Å²) >= 11 is 6.74. The van der Waals surface area contributed by atoms with Crippen LogP contribution in [-0.4, -0.2) is 20.1 Å². The third-order valence-corrected chi connectivity index (χ3v) is 5.42. The van der Waals surface area contributed by atoms with Crippen LogP contribution in [0.15, 0.2) is 33.3 Å². The number of thiophene rings is 1. The average Bonchev–Trinajstić information content (AvgIpc) is 2.95. The molecule has 0 radical (unpaired) electrons. The van der Waals surface area contributed by atoms with Crippen molar-refractivity contribution < 1.29 is 12.9 Å². The second-order valence-electron chi connectivity index (χ2n) is 3.59. The van der Waals surface area contributed by atoms with Crippen molar-refractivity contribution >= 4 is 33.0 Å². The van der Waals surface area contributed by atoms with E-state index < -0.39 is 10.0 Å². The van der Waals surface area contributed by atoms with E-state index in [1.54, 1.807) is 18.5 Å². The first kappa shape index (κ1) is 13.5. The summed E-state index contributed by atoms with van der Waals surface area (Å²) in [6, 6.07) is 3.06. The summed E-state index contributed by atoms with van der Waals surface area (Å²) in [7, 11) is -3.44. The highest BCUT2D eigenvalue weighted by molar-refractivity contribution is 7.91. The molecule has 0 aliphatic heterocycles. The van der Waals surface area contributed by atoms with Crippen molar-refractivity contribution in [1.29, 1.82) is 0 Å². The van der Waals surface area contributed by atoms with E-state index >= 15 is 0 Å². The molecule has 2 rings (SSSR count). The molecule has 0 unspecified atom stereocenters. The standard InChI is InChI=1S/C10H11ClN2O3S2/c11-9-3-4-10(17-9)18(14,15)13-5-1-2-8-6-12-16-7-8/h3-4,6-7,13H,1-2,5H2. The Morgan fingerprint density at radius 3 is 2.89 bits per heavy atom. The number of sulfonamides is 1. The van der Waals surface area contributed by atoms with Crippen LogP contribution in [-0.2, 0) is 16.4 Å². The lowest BCUT2D eigenvalue weighted by molar-refractivity contribution is 0.418. The number of hydrogen-bond donors (Lipinski definition) is 1. The average molecular weight is 307 g/mol. The predicted octanol–water partition coefficient (Wildman–Crippen LogP) is 2.30. The largest absolute Gasteiger partial charge is 0.364 e. The van der Waals surface area contributed by atoms with Crippen molar-refractivity contribution in [3.8, 4) is 0 Å². The minimum Gasteiger partial charge on any atom is -0.364 e. The third-order valence-electron chi connectivity index (χ3n) is 2.23. The van der Waals surface area contributed by atoms with Gasteiger partial charge in [0.25, 0.3) is 0 Å². The first-order valence-electron chi connectivity index (χ1n) is 5.21. The van der Waals surface area contributed by atoms with E-state index in [1.165, 1.54) is 6.07 Å². The van der Waals surface area contributed by atoms with Crippen molar-refractivity contribution in [1.82, 2.24) is 9.88 Å². The summed E-state index contributed by atoms with van der Waals surface area (Å²) in [6.07, 6.45) is 4.57. The molecule has 0 fully saturated rings. The SMILES string of the molecule is O=S(=O)(NCCCc1cnoc1)c1ccc(Cl)s1. The van der Waals surface area contributed by atoms with Crippen molar-refractivity contribution in [3.63, 3.8) is 0 Å². The molecular formula is C10H11ClN2O3S2. The van der Waals surface area contributed by atoms with E-state index in [0.717, 1.165) is 23.3 Å². The summed E-state index contributed by atoms with van der Waals surface area (Å²) in [5.41, 5.74) is 0.952. The van der Waals surface area contributed by atoms with Gasteiger partial charge >= 0.3 is 0 Å². The van der Waals surface area contributed by atoms with Gasteiger partial charge in [-0.1, -0.05) is 16.8 Å². The van der Waals surface area contributed by atoms with Gasteiger partial charge in [-0.05, 0) is 25.0 Å². The molecule has 5 nitrogen and oxygen atoms in total. The van der Waals surface area contributed by atoms with Gasteiger partial charge in [-0.3, -0.25) is 0 Å². The third kappa shape index (κ3) is 3.55. The van der Waals surface area contributed by atoms with Crippen molar-refractivity contribution in [2.45, 2.75) is 17.1 Å². The predicted molar refractivity (Wildman–Crippen MR) is 69.3 cm³/mol. The maximum absolute atomic E-state index is 11.8. The van der Waals surface area contributed by atoms with E-state index in [9.17, 15) is 8.42 Å². The summed E-state index contributed by atoms with van der Waals surface area (Å²) in [4.78, 5) is 0. The van der Waals surface area contributed by atoms with Gasteiger partial charge in [-0.2, -0.15) is 0 Å². The van der Waals surface area contributed by atoms with Gasteiger partial charge in [-0.25, -0.2) is 13.1 Å². The summed E-state index contributed by atoms with van der Waals surface area (Å²) in [6.45, 7) is 0.364. The zero-order valence-electron chi connectivity index (χ0n) is 9.30. The van der Waals surface area contributed by atoms with E-state index in [1.807, 2.05) is 0 Å². The van der Waals surface area contributed by atoms with Gasteiger partial charge in [0.2, 0.25) is 10.0 Å². The lowest BCUT2D eigenvalue weighted by Crippen LogP contribution is -2.24. The summed E-state index contributed by atoms with van der Waals surface area (Å²) in [5.74, 6) is 0. The van der Waals surface area contributed by atoms with Gasteiger partial charge < -0.3 is 4.52 Å². The molecule has 0 atom stereocenters. The van der Waals surface area contributed by atoms with Gasteiger partial charge in [-0.15, -0.1) is 11.3 Å². The van der Waals surface area contributed by atoms with Crippen LogP contribution in [0.1, 0.15) is 12.0 Å². The minimum atomic E-state index is -3.44. The molecule has 18 heavy (non-hydrogen) atoms. The zero-order valence-corrected chi connectivity index (χ0v) is 11.7. The normalized spacial score (nSPS) is 11.8. The van der Waals surface area contributed by atoms with Crippen LogP contribution in [0.4, 0.5) is 0 Å². The first-order chi connectivity index (χ1) is 8.58. The quantitative estimate of drug-likeness (QED) is 0.831. The molecule has 0 spiro atoms. The number of hydrogen-bond acceptors (Lipinski definition) is 5. The fraction of sp³-hybridized carbons (Fsp3) is 0.300. The number of rotatable bonds is 6. The lowest BCUT2D eigenvalue weighted by atomic mass is 10.2. The maximum Gasteiger partial charge on any atom is 0.250 e. The molecule has 8 heteroatoms. The molecule has 0 aliphatic carbocycles. The summed E-state index contributed by atoms with van der Waals surface area (Å²) < 4.78 is 31.5. The highest BCUT2D eigenvalue weighted by Gasteiger charge is 2.15. The van der Waals surface area contributed by atoms with Crippen molar-refractivity contribution in [2.75, 3.05) is 6.54 Å². The van der Waals surface area contributed by atoms with Crippen molar-refractivity contribution in [3.05, 3.63) is 34.5 Å². The van der Waals surface area contributed by atoms with E-state index in [2.05, 4.69) is 14.4 Å². The fourth-order valence-corrected chi connectivity index (χ4v) is 3.96. The second-order valence-corrected chi connectivity index (χ2v) is 7.30. The van der Waals surface area contributed by atoms with Crippen molar-refractivity contribution in [2.24, 2.45) is 0 Å². The first-order valence-corrected chi connectivity index (χ1v) is 7.89. The number of nitrogens with one attached hydrogen (secondary N) is 1. The molecule has 0 amide bonds. The highest BCUT2D eigenvalue weighted by atomic mass is 35.5. The Hall–Kier alpha value is -0.890. The van der Waals surface area contributed by atoms with Crippen LogP contribution in [0, 0.1) is 0 Å². The number of aromatic nitrogens is 1. The Labute approximate surface area is 114 Å². The lowest BCUT2D eigenvalue weighted by Gasteiger charge is -2.03. The van der Waals surface area contributed by atoms with E-state index in [0.29, 0.717) is 17.3 Å². The highest BCUT2D eigenvalue weighted by Crippen LogP contribution is 2.25. The molecule has 1 N–H and O–H groups in total. The molecule has 98 valence electrons. The van der Waals surface area contributed by atoms with Crippen LogP contribution in [0.5, 0.6) is 0 Å². The van der Waals surface area contributed by atoms with Crippen LogP contribution < -0.4 is 4.72 Å². The van der Waals surface area contributed by atoms with Crippen LogP contribution >= 0.6 is 22.9 Å². The van der Waals surface area contributed by atoms with E-state index in [-0.39, 0.29) is 4.21 Å². The van der Waals surface area contributed by atoms with Gasteiger partial charge in [0.15, 0.2) is 0 Å². The molecule has 2 heterocycles. The van der Waals surface area contributed by atoms with E-state index in [4.69, 9.17) is 11.6 Å². The molecule has 2 aromatic rings. The van der Waals surface area contributed by atoms with Crippen LogP contribution in [0.2, 0.25) is 4.34 Å². The monoisotopic (exact) mass is 306 g/mol. The molecule has 0 bridgehead atoms. The smallest absolute Gasteiger partial charge is 0.250 e. The fourth-order valence-electron chi connectivity index (χ4n) is 1.36. The number of halogens is 1. The number of aryl methyl sites for hydroxylation is 1. The molecular weight excluding hydrogens is 296 g/mol. The van der Waals surface area contributed by atoms with Crippen LogP contribution in [0.25, 0.3) is 0 Å². The number of nitrogens with zero attached hydrogens (tertiary/aromatic N) is 1. The van der Waals surface area contributed by atoms with Gasteiger partial charge in [0.05, 0.1) is 10.5 Å². The van der Waals surface area contributed by atoms with Gasteiger partial charge in [0, 0.05) is 12.1 Å². The maximum atomic E-state index is 11.8. The minimum absolute atomic E-state index is 0.234. The van der Waals surface area contributed by atoms with Crippen LogP contribution in [0.3, 0.4) is 0 Å². The Bertz CT molecular complexity index is 592. The topological polar surface area (TPSA) is 72.2 Å². The molecule has 0 saturated heterocycles. The van der Waals surface area contributed by atoms with Gasteiger partial charge in [0.1, 0.15) is 10.5 Å². The second kappa shape index (κ2) is 5.83. The Balaban J connectivity index is 1.82. The molecule has 0 aromatic carbocycles. The summed E-state index contributed by atoms with van der Waals surface area (Å²) in [5, 5.41) is 3.57. The Morgan fingerprint density at radius 1 is 1.44 bits per heavy atom.